The lowest BCUT2D eigenvalue weighted by Crippen LogP contribution is -2.57. The normalized spacial score (nSPS) is 25.2. The fourth-order valence-corrected chi connectivity index (χ4v) is 17.9. The SMILES string of the molecule is C.C.C.C.C.C.C.C.CCCNC(=O)C(C)(C)NC.CN1CCCCC1.CN1CCSC1.CNC(C)(C)C(N)=O.CNC1(C)CC1.CNC1(C)CCC1.CNC1(C)CCCC1.CNC1(C)CCCCC1.CNC1(C)CCCCC1.CNC12CC3CC(CC(C3)C1)C2.CNC12CCCC1CCC2.CNc1c(C)cccc1C. The van der Waals surface area contributed by atoms with Crippen LogP contribution in [-0.4, -0.2) is 194 Å². The molecule has 16 nitrogen and oxygen atoms in total. The number of carbonyl (C=O) groups excluding carboxylic acids is 2. The number of nitrogens with two attached hydrogens (primary N) is 1. The number of anilines is 1. The molecule has 11 saturated carbocycles. The second kappa shape index (κ2) is 62.1. The number of nitrogens with zero attached hydrogens (tertiary/aromatic N) is 2. The van der Waals surface area contributed by atoms with Crippen molar-refractivity contribution in [3.63, 3.8) is 0 Å². The number of primary amides is 1. The number of rotatable bonds is 14. The fourth-order valence-electron chi connectivity index (χ4n) is 16.9. The maximum atomic E-state index is 11.3. The predicted octanol–water partition coefficient (Wildman–Crippen LogP) is 20.5. The van der Waals surface area contributed by atoms with Gasteiger partial charge in [-0.15, -0.1) is 11.8 Å². The number of amides is 2. The molecule has 0 atom stereocenters. The topological polar surface area (TPSA) is 199 Å². The Bertz CT molecular complexity index is 2270. The Morgan fingerprint density at radius 2 is 0.811 bits per heavy atom. The smallest absolute Gasteiger partial charge is 0.239 e. The van der Waals surface area contributed by atoms with E-state index >= 15 is 0 Å². The summed E-state index contributed by atoms with van der Waals surface area (Å²) in [6.07, 6.45) is 49.6. The Kier molecular flexibility index (Phi) is 68.3. The lowest BCUT2D eigenvalue weighted by Gasteiger charge is -2.56. The zero-order chi connectivity index (χ0) is 77.4. The van der Waals surface area contributed by atoms with E-state index in [1.54, 1.807) is 47.2 Å². The van der Waals surface area contributed by atoms with Gasteiger partial charge in [-0.3, -0.25) is 14.5 Å². The summed E-state index contributed by atoms with van der Waals surface area (Å²) in [5.74, 6) is 6.58. The molecule has 2 heterocycles. The second-order valence-corrected chi connectivity index (χ2v) is 37.0. The maximum Gasteiger partial charge on any atom is 0.239 e. The van der Waals surface area contributed by atoms with Crippen LogP contribution >= 0.6 is 11.8 Å². The monoisotopic (exact) mass is 1600 g/mol. The Balaban J connectivity index is -0.000000212. The van der Waals surface area contributed by atoms with Crippen LogP contribution in [-0.2, 0) is 9.59 Å². The molecule has 11 aliphatic carbocycles. The van der Waals surface area contributed by atoms with Gasteiger partial charge in [0.1, 0.15) is 0 Å². The van der Waals surface area contributed by atoms with Gasteiger partial charge in [-0.25, -0.2) is 0 Å². The minimum atomic E-state index is -0.569. The highest BCUT2D eigenvalue weighted by molar-refractivity contribution is 7.99. The van der Waals surface area contributed by atoms with E-state index in [0.29, 0.717) is 38.8 Å². The third-order valence-corrected chi connectivity index (χ3v) is 27.6. The van der Waals surface area contributed by atoms with Crippen molar-refractivity contribution < 1.29 is 9.59 Å². The van der Waals surface area contributed by atoms with E-state index in [0.717, 1.165) is 36.6 Å². The molecule has 2 saturated heterocycles. The number of hydrogen-bond acceptors (Lipinski definition) is 15. The van der Waals surface area contributed by atoms with Gasteiger partial charge in [0.05, 0.1) is 11.1 Å². The molecule has 13 aliphatic rings. The van der Waals surface area contributed by atoms with Crippen LogP contribution in [0, 0.1) is 37.5 Å². The molecule has 2 amide bonds. The van der Waals surface area contributed by atoms with Crippen molar-refractivity contribution in [3.8, 4) is 0 Å². The molecular weight excluding hydrogens is 1390 g/mol. The van der Waals surface area contributed by atoms with Crippen molar-refractivity contribution in [1.82, 2.24) is 63.0 Å². The van der Waals surface area contributed by atoms with Gasteiger partial charge in [-0.05, 0) is 356 Å². The largest absolute Gasteiger partial charge is 0.388 e. The minimum absolute atomic E-state index is 0. The zero-order valence-corrected chi connectivity index (χ0v) is 73.0. The van der Waals surface area contributed by atoms with Gasteiger partial charge < -0.3 is 69.1 Å². The molecular formula is C94H206N14O2S. The molecule has 670 valence electrons. The van der Waals surface area contributed by atoms with Crippen LogP contribution in [0.1, 0.15) is 365 Å². The Labute approximate surface area is 701 Å². The van der Waals surface area contributed by atoms with Gasteiger partial charge in [0.2, 0.25) is 11.8 Å². The first-order chi connectivity index (χ1) is 48.6. The molecule has 2 aliphatic heterocycles. The molecule has 14 rings (SSSR count). The van der Waals surface area contributed by atoms with Crippen LogP contribution in [0.4, 0.5) is 5.69 Å². The average Bonchev–Trinajstić information content (AvgIpc) is 1.64. The Morgan fingerprint density at radius 3 is 1.01 bits per heavy atom. The summed E-state index contributed by atoms with van der Waals surface area (Å²) in [5, 5.41) is 35.4. The standard InChI is InChI=1S/C11H19N.C9H17N.C9H13N.C8H18N2O.2C8H17N.C7H15N.2C6H13N.C5H12N2O.C5H11N.C4H9NS.8CH4/c1-12-11-5-8-2-9(6-11)4-10(3-8)7-11;1-10-9-6-2-4-8(9)5-3-7-9;1-7-5-4-6-8(2)9(7)10-3;1-5-6-10-7(11)8(2,3)9-4;2*1-8(9-2)6-4-3-5-7-8;1-7(8-2)5-3-4-6-7;1-6(7-2)4-3-5-6;1-7-5-3-2-4-6-7;1-5(2,7-3)4(6)8;1-5(6-2)3-4-5;1-5-2-3-6-4-5;;;;;;;;/h8-10,12H,2-7H2,1H3;8,10H,2-7H2,1H3;4-6,10H,1-3H3;9H,5-6H2,1-4H3,(H,10,11);2*9H,3-7H2,1-2H3;8H,3-6H2,1-2H3;7H,3-5H2,1-2H3;2-6H2,1H3;7H,1-3H3,(H2,6,8);6H,3-4H2,1-2H3;2-4H2,1H3;8*1H4. The summed E-state index contributed by atoms with van der Waals surface area (Å²) in [6, 6.07) is 6.29. The minimum Gasteiger partial charge on any atom is -0.388 e. The number of likely N-dealkylation sites (tertiary alicyclic amines) is 1. The van der Waals surface area contributed by atoms with Crippen LogP contribution in [0.3, 0.4) is 0 Å². The summed E-state index contributed by atoms with van der Waals surface area (Å²) in [7, 11) is 24.4. The highest BCUT2D eigenvalue weighted by Crippen LogP contribution is 2.55. The number of carbonyl (C=O) groups is 2. The molecule has 13 N–H and O–H groups in total. The van der Waals surface area contributed by atoms with Crippen LogP contribution in [0.2, 0.25) is 0 Å². The fraction of sp³-hybridized carbons (Fsp3) is 0.915. The first-order valence-electron chi connectivity index (χ1n) is 42.1. The van der Waals surface area contributed by atoms with E-state index < -0.39 is 11.1 Å². The summed E-state index contributed by atoms with van der Waals surface area (Å²) >= 11 is 2.01. The van der Waals surface area contributed by atoms with E-state index in [2.05, 4.69) is 184 Å². The zero-order valence-electron chi connectivity index (χ0n) is 72.2. The Morgan fingerprint density at radius 1 is 0.459 bits per heavy atom. The van der Waals surface area contributed by atoms with Crippen molar-refractivity contribution >= 4 is 29.3 Å². The lowest BCUT2D eigenvalue weighted by atomic mass is 9.53. The molecule has 4 bridgehead atoms. The van der Waals surface area contributed by atoms with Crippen molar-refractivity contribution in [2.75, 3.05) is 128 Å². The number of benzene rings is 1. The van der Waals surface area contributed by atoms with Gasteiger partial charge in [-0.1, -0.05) is 155 Å². The van der Waals surface area contributed by atoms with Crippen molar-refractivity contribution in [2.45, 2.75) is 417 Å². The van der Waals surface area contributed by atoms with E-state index in [4.69, 9.17) is 5.73 Å². The summed E-state index contributed by atoms with van der Waals surface area (Å²) < 4.78 is 0. The molecule has 13 fully saturated rings. The number of piperidine rings is 1. The summed E-state index contributed by atoms with van der Waals surface area (Å²) in [5.41, 5.74) is 11.5. The second-order valence-electron chi connectivity index (χ2n) is 35.9. The van der Waals surface area contributed by atoms with Crippen LogP contribution in [0.5, 0.6) is 0 Å². The van der Waals surface area contributed by atoms with Crippen molar-refractivity contribution in [1.29, 1.82) is 0 Å². The number of aryl methyl sites for hydroxylation is 2. The van der Waals surface area contributed by atoms with Crippen molar-refractivity contribution in [3.05, 3.63) is 29.3 Å². The number of likely N-dealkylation sites (N-methyl/N-ethyl adjacent to an activating group) is 2. The quantitative estimate of drug-likeness (QED) is 0.0839. The van der Waals surface area contributed by atoms with Gasteiger partial charge in [0.15, 0.2) is 0 Å². The lowest BCUT2D eigenvalue weighted by molar-refractivity contribution is -0.126. The van der Waals surface area contributed by atoms with E-state index in [1.165, 1.54) is 247 Å². The average molecular weight is 1600 g/mol. The molecule has 0 radical (unpaired) electrons. The highest BCUT2D eigenvalue weighted by atomic mass is 32.2. The van der Waals surface area contributed by atoms with Crippen LogP contribution in [0.25, 0.3) is 0 Å². The molecule has 17 heteroatoms. The molecule has 1 aromatic rings. The number of hydrogen-bond donors (Lipinski definition) is 12. The molecule has 0 aromatic heterocycles. The number of para-hydroxylation sites is 1. The maximum absolute atomic E-state index is 11.3. The Hall–Kier alpha value is -2.13. The van der Waals surface area contributed by atoms with E-state index in [9.17, 15) is 9.59 Å². The third kappa shape index (κ3) is 46.7. The van der Waals surface area contributed by atoms with Gasteiger partial charge >= 0.3 is 0 Å². The predicted molar refractivity (Wildman–Crippen MR) is 507 cm³/mol. The highest BCUT2D eigenvalue weighted by Gasteiger charge is 2.50. The van der Waals surface area contributed by atoms with Crippen molar-refractivity contribution in [2.24, 2.45) is 29.4 Å². The number of thioether (sulfide) groups is 1. The van der Waals surface area contributed by atoms with Gasteiger partial charge in [0.25, 0.3) is 0 Å². The molecule has 0 unspecified atom stereocenters. The summed E-state index contributed by atoms with van der Waals surface area (Å²) in [6.45, 7) is 29.6. The number of nitrogens with one attached hydrogen (secondary N) is 11. The van der Waals surface area contributed by atoms with Gasteiger partial charge in [-0.2, -0.15) is 0 Å². The van der Waals surface area contributed by atoms with E-state index in [-0.39, 0.29) is 71.2 Å². The number of fused-ring (bicyclic) bond motifs is 1. The molecule has 1 aromatic carbocycles. The van der Waals surface area contributed by atoms with Crippen LogP contribution < -0.4 is 64.2 Å². The summed E-state index contributed by atoms with van der Waals surface area (Å²) in [4.78, 5) is 26.4. The van der Waals surface area contributed by atoms with Gasteiger partial charge in [0, 0.05) is 76.2 Å². The first kappa shape index (κ1) is 122. The molecule has 0 spiro atoms. The first-order valence-corrected chi connectivity index (χ1v) is 43.2. The third-order valence-electron chi connectivity index (χ3n) is 26.5. The van der Waals surface area contributed by atoms with E-state index in [1.807, 2.05) is 53.7 Å². The molecule has 111 heavy (non-hydrogen) atoms. The van der Waals surface area contributed by atoms with Crippen LogP contribution in [0.15, 0.2) is 18.2 Å².